The molecular formula is C18H34FNO3. The van der Waals surface area contributed by atoms with Crippen LogP contribution in [0.3, 0.4) is 0 Å². The van der Waals surface area contributed by atoms with Crippen molar-refractivity contribution in [2.45, 2.75) is 47.6 Å². The molecule has 0 bridgehead atoms. The number of hydrogen-bond donors (Lipinski definition) is 0. The lowest BCUT2D eigenvalue weighted by molar-refractivity contribution is -0.136. The van der Waals surface area contributed by atoms with E-state index in [1.165, 1.54) is 14.0 Å². The van der Waals surface area contributed by atoms with E-state index in [4.69, 9.17) is 9.47 Å². The lowest BCUT2D eigenvalue weighted by Gasteiger charge is -2.24. The molecule has 23 heavy (non-hydrogen) atoms. The molecule has 0 aromatic rings. The number of likely N-dealkylation sites (N-methyl/N-ethyl adjacent to an activating group) is 1. The van der Waals surface area contributed by atoms with Crippen LogP contribution < -0.4 is 0 Å². The summed E-state index contributed by atoms with van der Waals surface area (Å²) in [5.41, 5.74) is 1.24. The first-order valence-corrected chi connectivity index (χ1v) is 7.91. The Balaban J connectivity index is -0.000000919. The predicted octanol–water partition coefficient (Wildman–Crippen LogP) is 4.49. The Kier molecular flexibility index (Phi) is 21.1. The third-order valence-corrected chi connectivity index (χ3v) is 2.64. The highest BCUT2D eigenvalue weighted by Crippen LogP contribution is 2.09. The second-order valence-corrected chi connectivity index (χ2v) is 4.23. The minimum atomic E-state index is -0.364. The van der Waals surface area contributed by atoms with Gasteiger partial charge < -0.3 is 14.4 Å². The van der Waals surface area contributed by atoms with E-state index >= 15 is 0 Å². The highest BCUT2D eigenvalue weighted by molar-refractivity contribution is 5.37. The molecule has 0 aliphatic carbocycles. The lowest BCUT2D eigenvalue weighted by Crippen LogP contribution is -2.33. The van der Waals surface area contributed by atoms with Crippen LogP contribution in [-0.2, 0) is 14.3 Å². The van der Waals surface area contributed by atoms with Crippen LogP contribution in [0.5, 0.6) is 0 Å². The zero-order valence-electron chi connectivity index (χ0n) is 16.0. The summed E-state index contributed by atoms with van der Waals surface area (Å²) in [5.74, 6) is -0.228. The van der Waals surface area contributed by atoms with Crippen molar-refractivity contribution in [3.05, 3.63) is 35.8 Å². The molecule has 0 aromatic carbocycles. The summed E-state index contributed by atoms with van der Waals surface area (Å²) in [4.78, 5) is 12.2. The smallest absolute Gasteiger partial charge is 0.293 e. The van der Waals surface area contributed by atoms with E-state index in [0.717, 1.165) is 0 Å². The van der Waals surface area contributed by atoms with Gasteiger partial charge >= 0.3 is 0 Å². The molecule has 0 radical (unpaired) electrons. The first-order chi connectivity index (χ1) is 10.9. The van der Waals surface area contributed by atoms with E-state index in [9.17, 15) is 9.18 Å². The summed E-state index contributed by atoms with van der Waals surface area (Å²) in [6.45, 7) is 16.1. The zero-order chi connectivity index (χ0) is 18.8. The monoisotopic (exact) mass is 331 g/mol. The molecule has 0 N–H and O–H groups in total. The average Bonchev–Trinajstić information content (AvgIpc) is 2.56. The maximum Gasteiger partial charge on any atom is 0.293 e. The third kappa shape index (κ3) is 15.1. The molecule has 136 valence electrons. The molecule has 1 unspecified atom stereocenters. The summed E-state index contributed by atoms with van der Waals surface area (Å²) in [6.07, 6.45) is 3.00. The summed E-state index contributed by atoms with van der Waals surface area (Å²) in [7, 11) is 3.35. The Labute approximate surface area is 141 Å². The molecule has 0 saturated heterocycles. The van der Waals surface area contributed by atoms with Crippen LogP contribution in [-0.4, -0.2) is 44.8 Å². The number of hydrogen-bond acceptors (Lipinski definition) is 4. The predicted molar refractivity (Wildman–Crippen MR) is 95.9 cm³/mol. The fourth-order valence-corrected chi connectivity index (χ4v) is 1.29. The Morgan fingerprint density at radius 1 is 1.22 bits per heavy atom. The van der Waals surface area contributed by atoms with Gasteiger partial charge in [0.25, 0.3) is 6.47 Å². The standard InChI is InChI=1S/C14H22FNO3.2C2H6/c1-11(13(3)15)6-7-12(2)16(4)8-14(9-18-5)19-10-17;2*1-2/h6-7,10,14H,2,8-9H2,1,3-5H3;2*1-2H3/b7-6-,13-11+;;. The zero-order valence-corrected chi connectivity index (χ0v) is 16.0. The summed E-state index contributed by atoms with van der Waals surface area (Å²) < 4.78 is 22.7. The molecule has 0 fully saturated rings. The number of methoxy groups -OCH3 is 1. The highest BCUT2D eigenvalue weighted by Gasteiger charge is 2.12. The molecule has 0 rings (SSSR count). The van der Waals surface area contributed by atoms with E-state index in [0.29, 0.717) is 30.9 Å². The minimum absolute atomic E-state index is 0.228. The number of rotatable bonds is 9. The molecule has 1 atom stereocenters. The fraction of sp³-hybridized carbons (Fsp3) is 0.611. The quantitative estimate of drug-likeness (QED) is 0.461. The van der Waals surface area contributed by atoms with Gasteiger partial charge in [-0.15, -0.1) is 0 Å². The van der Waals surface area contributed by atoms with E-state index < -0.39 is 0 Å². The Morgan fingerprint density at radius 3 is 2.13 bits per heavy atom. The third-order valence-electron chi connectivity index (χ3n) is 2.64. The van der Waals surface area contributed by atoms with Gasteiger partial charge in [0.15, 0.2) is 0 Å². The molecule has 0 aliphatic rings. The molecule has 5 heteroatoms. The van der Waals surface area contributed by atoms with Gasteiger partial charge in [-0.2, -0.15) is 0 Å². The summed E-state index contributed by atoms with van der Waals surface area (Å²) in [6, 6.07) is 0. The van der Waals surface area contributed by atoms with E-state index in [1.54, 1.807) is 19.1 Å². The van der Waals surface area contributed by atoms with Crippen molar-refractivity contribution < 1.29 is 18.7 Å². The molecule has 0 heterocycles. The number of carbonyl (C=O) groups is 1. The van der Waals surface area contributed by atoms with Gasteiger partial charge in [-0.25, -0.2) is 4.39 Å². The minimum Gasteiger partial charge on any atom is -0.460 e. The van der Waals surface area contributed by atoms with Gasteiger partial charge in [0, 0.05) is 19.9 Å². The van der Waals surface area contributed by atoms with Crippen molar-refractivity contribution in [2.75, 3.05) is 27.3 Å². The van der Waals surface area contributed by atoms with Gasteiger partial charge in [-0.3, -0.25) is 4.79 Å². The van der Waals surface area contributed by atoms with Crippen LogP contribution in [0.4, 0.5) is 4.39 Å². The Morgan fingerprint density at radius 2 is 1.74 bits per heavy atom. The van der Waals surface area contributed by atoms with Crippen molar-refractivity contribution in [3.63, 3.8) is 0 Å². The first-order valence-electron chi connectivity index (χ1n) is 7.91. The second kappa shape index (κ2) is 18.4. The number of nitrogens with zero attached hydrogens (tertiary/aromatic N) is 1. The molecule has 0 spiro atoms. The number of halogens is 1. The molecule has 0 amide bonds. The fourth-order valence-electron chi connectivity index (χ4n) is 1.29. The van der Waals surface area contributed by atoms with Gasteiger partial charge in [-0.05, 0) is 25.5 Å². The normalized spacial score (nSPS) is 12.0. The Hall–Kier alpha value is -1.62. The number of ether oxygens (including phenoxy) is 2. The first kappa shape index (κ1) is 26.3. The average molecular weight is 331 g/mol. The van der Waals surface area contributed by atoms with E-state index in [1.807, 2.05) is 39.6 Å². The van der Waals surface area contributed by atoms with Crippen molar-refractivity contribution in [2.24, 2.45) is 0 Å². The summed E-state index contributed by atoms with van der Waals surface area (Å²) >= 11 is 0. The van der Waals surface area contributed by atoms with Crippen molar-refractivity contribution in [1.29, 1.82) is 0 Å². The number of carbonyl (C=O) groups excluding carboxylic acids is 1. The van der Waals surface area contributed by atoms with Crippen LogP contribution >= 0.6 is 0 Å². The molecule has 0 aromatic heterocycles. The van der Waals surface area contributed by atoms with Crippen LogP contribution in [0, 0.1) is 0 Å². The molecular weight excluding hydrogens is 297 g/mol. The molecule has 4 nitrogen and oxygen atoms in total. The van der Waals surface area contributed by atoms with Crippen LogP contribution in [0.1, 0.15) is 41.5 Å². The topological polar surface area (TPSA) is 38.8 Å². The maximum atomic E-state index is 12.9. The van der Waals surface area contributed by atoms with E-state index in [2.05, 4.69) is 6.58 Å². The summed E-state index contributed by atoms with van der Waals surface area (Å²) in [5, 5.41) is 0. The lowest BCUT2D eigenvalue weighted by atomic mass is 10.2. The SMILES string of the molecule is C=C(/C=C\C(C)=C(/C)F)N(C)CC(COC)OC=O.CC.CC. The largest absolute Gasteiger partial charge is 0.460 e. The highest BCUT2D eigenvalue weighted by atomic mass is 19.1. The van der Waals surface area contributed by atoms with Gasteiger partial charge in [0.2, 0.25) is 0 Å². The van der Waals surface area contributed by atoms with Gasteiger partial charge in [0.05, 0.1) is 19.0 Å². The maximum absolute atomic E-state index is 12.9. The molecule has 0 aliphatic heterocycles. The van der Waals surface area contributed by atoms with Crippen LogP contribution in [0.2, 0.25) is 0 Å². The van der Waals surface area contributed by atoms with Crippen molar-refractivity contribution in [3.8, 4) is 0 Å². The van der Waals surface area contributed by atoms with Crippen molar-refractivity contribution in [1.82, 2.24) is 4.90 Å². The second-order valence-electron chi connectivity index (χ2n) is 4.23. The van der Waals surface area contributed by atoms with Gasteiger partial charge in [0.1, 0.15) is 6.10 Å². The molecule has 0 saturated carbocycles. The van der Waals surface area contributed by atoms with E-state index in [-0.39, 0.29) is 11.9 Å². The van der Waals surface area contributed by atoms with Crippen molar-refractivity contribution >= 4 is 6.47 Å². The Bertz CT molecular complexity index is 361. The van der Waals surface area contributed by atoms with Crippen LogP contribution in [0.15, 0.2) is 35.8 Å². The van der Waals surface area contributed by atoms with Gasteiger partial charge in [-0.1, -0.05) is 40.3 Å². The number of allylic oxidation sites excluding steroid dienone is 4. The van der Waals surface area contributed by atoms with Crippen LogP contribution in [0.25, 0.3) is 0 Å².